The molecule has 154 valence electrons. The smallest absolute Gasteiger partial charge is 0.295 e. The topological polar surface area (TPSA) is 64.6 Å². The summed E-state index contributed by atoms with van der Waals surface area (Å²) in [6.45, 7) is 6.40. The maximum atomic E-state index is 5.76. The highest BCUT2D eigenvalue weighted by Crippen LogP contribution is 2.22. The third-order valence-corrected chi connectivity index (χ3v) is 4.67. The van der Waals surface area contributed by atoms with Gasteiger partial charge in [0.2, 0.25) is 0 Å². The highest BCUT2D eigenvalue weighted by atomic mass is 35.5. The number of aryl methyl sites for hydroxylation is 3. The third kappa shape index (κ3) is 4.66. The number of pyridine rings is 1. The molecule has 0 amide bonds. The molecule has 1 aromatic carbocycles. The molecule has 29 heavy (non-hydrogen) atoms. The molecule has 0 aliphatic heterocycles. The van der Waals surface area contributed by atoms with Crippen molar-refractivity contribution in [2.75, 3.05) is 19.0 Å². The molecule has 0 unspecified atom stereocenters. The van der Waals surface area contributed by atoms with E-state index in [2.05, 4.69) is 40.3 Å². The highest BCUT2D eigenvalue weighted by Gasteiger charge is 2.10. The van der Waals surface area contributed by atoms with Gasteiger partial charge in [0.15, 0.2) is 5.58 Å². The Morgan fingerprint density at radius 3 is 2.76 bits per heavy atom. The Kier molecular flexibility index (Phi) is 7.53. The van der Waals surface area contributed by atoms with Gasteiger partial charge in [0.05, 0.1) is 12.8 Å². The SMILES string of the molecule is C=CCNc1nc2ccc(CCc3nc4cc(OC)ccn4c3C)cc2o1.Cl.Cl. The lowest BCUT2D eigenvalue weighted by Gasteiger charge is -2.01. The summed E-state index contributed by atoms with van der Waals surface area (Å²) in [5.41, 5.74) is 5.99. The van der Waals surface area contributed by atoms with Crippen molar-refractivity contribution in [1.29, 1.82) is 0 Å². The Balaban J connectivity index is 0.00000150. The van der Waals surface area contributed by atoms with E-state index in [4.69, 9.17) is 14.1 Å². The molecule has 0 atom stereocenters. The van der Waals surface area contributed by atoms with Crippen LogP contribution in [0.4, 0.5) is 6.01 Å². The lowest BCUT2D eigenvalue weighted by molar-refractivity contribution is 0.414. The van der Waals surface area contributed by atoms with E-state index < -0.39 is 0 Å². The van der Waals surface area contributed by atoms with E-state index in [1.54, 1.807) is 13.2 Å². The summed E-state index contributed by atoms with van der Waals surface area (Å²) in [7, 11) is 1.67. The van der Waals surface area contributed by atoms with Crippen molar-refractivity contribution in [3.8, 4) is 5.75 Å². The number of hydrogen-bond donors (Lipinski definition) is 1. The molecule has 0 saturated carbocycles. The Labute approximate surface area is 181 Å². The number of oxazole rings is 1. The molecule has 0 spiro atoms. The monoisotopic (exact) mass is 434 g/mol. The van der Waals surface area contributed by atoms with E-state index in [9.17, 15) is 0 Å². The molecule has 1 N–H and O–H groups in total. The number of rotatable bonds is 7. The molecule has 8 heteroatoms. The number of nitrogens with one attached hydrogen (secondary N) is 1. The number of anilines is 1. The van der Waals surface area contributed by atoms with Crippen LogP contribution in [0.3, 0.4) is 0 Å². The fourth-order valence-electron chi connectivity index (χ4n) is 3.18. The number of nitrogens with zero attached hydrogens (tertiary/aromatic N) is 3. The number of ether oxygens (including phenoxy) is 1. The van der Waals surface area contributed by atoms with Crippen LogP contribution in [0.1, 0.15) is 17.0 Å². The summed E-state index contributed by atoms with van der Waals surface area (Å²) >= 11 is 0. The Hall–Kier alpha value is -2.70. The summed E-state index contributed by atoms with van der Waals surface area (Å²) in [5, 5.41) is 3.07. The molecular formula is C21H24Cl2N4O2. The minimum Gasteiger partial charge on any atom is -0.497 e. The van der Waals surface area contributed by atoms with Crippen LogP contribution < -0.4 is 10.1 Å². The molecule has 0 bridgehead atoms. The molecule has 3 heterocycles. The zero-order valence-corrected chi connectivity index (χ0v) is 18.0. The first-order chi connectivity index (χ1) is 13.2. The molecule has 6 nitrogen and oxygen atoms in total. The second kappa shape index (κ2) is 9.67. The van der Waals surface area contributed by atoms with Gasteiger partial charge >= 0.3 is 0 Å². The number of hydrogen-bond acceptors (Lipinski definition) is 5. The van der Waals surface area contributed by atoms with Gasteiger partial charge in [-0.3, -0.25) is 0 Å². The molecule has 4 rings (SSSR count). The van der Waals surface area contributed by atoms with Crippen LogP contribution in [0.2, 0.25) is 0 Å². The Morgan fingerprint density at radius 2 is 2.00 bits per heavy atom. The van der Waals surface area contributed by atoms with Gasteiger partial charge in [0, 0.05) is 24.5 Å². The van der Waals surface area contributed by atoms with Crippen LogP contribution in [-0.2, 0) is 12.8 Å². The van der Waals surface area contributed by atoms with Crippen molar-refractivity contribution in [2.45, 2.75) is 19.8 Å². The van der Waals surface area contributed by atoms with Gasteiger partial charge in [-0.15, -0.1) is 31.4 Å². The molecule has 0 aliphatic carbocycles. The van der Waals surface area contributed by atoms with Crippen molar-refractivity contribution >= 4 is 47.6 Å². The zero-order chi connectivity index (χ0) is 18.8. The summed E-state index contributed by atoms with van der Waals surface area (Å²) < 4.78 is 13.1. The van der Waals surface area contributed by atoms with Crippen molar-refractivity contribution in [3.63, 3.8) is 0 Å². The quantitative estimate of drug-likeness (QED) is 0.413. The second-order valence-electron chi connectivity index (χ2n) is 6.43. The maximum Gasteiger partial charge on any atom is 0.295 e. The number of aromatic nitrogens is 3. The van der Waals surface area contributed by atoms with Crippen LogP contribution in [0.25, 0.3) is 16.7 Å². The summed E-state index contributed by atoms with van der Waals surface area (Å²) in [6, 6.07) is 10.6. The molecule has 4 aromatic rings. The number of imidazole rings is 1. The fourth-order valence-corrected chi connectivity index (χ4v) is 3.18. The third-order valence-electron chi connectivity index (χ3n) is 4.67. The van der Waals surface area contributed by atoms with E-state index >= 15 is 0 Å². The lowest BCUT2D eigenvalue weighted by Crippen LogP contribution is -1.96. The molecule has 0 radical (unpaired) electrons. The van der Waals surface area contributed by atoms with Crippen LogP contribution in [0.5, 0.6) is 5.75 Å². The first-order valence-electron chi connectivity index (χ1n) is 8.94. The Bertz CT molecular complexity index is 1120. The van der Waals surface area contributed by atoms with Crippen molar-refractivity contribution in [1.82, 2.24) is 14.4 Å². The molecule has 0 aliphatic rings. The minimum absolute atomic E-state index is 0. The van der Waals surface area contributed by atoms with Gasteiger partial charge in [-0.25, -0.2) is 4.98 Å². The first-order valence-corrected chi connectivity index (χ1v) is 8.94. The highest BCUT2D eigenvalue weighted by molar-refractivity contribution is 5.85. The average molecular weight is 435 g/mol. The van der Waals surface area contributed by atoms with Gasteiger partial charge in [-0.05, 0) is 43.5 Å². The molecular weight excluding hydrogens is 411 g/mol. The predicted molar refractivity (Wildman–Crippen MR) is 121 cm³/mol. The largest absolute Gasteiger partial charge is 0.497 e. The van der Waals surface area contributed by atoms with Gasteiger partial charge < -0.3 is 18.9 Å². The molecule has 0 saturated heterocycles. The fraction of sp³-hybridized carbons (Fsp3) is 0.238. The molecule has 3 aromatic heterocycles. The number of halogens is 2. The second-order valence-corrected chi connectivity index (χ2v) is 6.43. The van der Waals surface area contributed by atoms with Crippen molar-refractivity contribution in [3.05, 3.63) is 66.1 Å². The van der Waals surface area contributed by atoms with Crippen LogP contribution in [0, 0.1) is 6.92 Å². The van der Waals surface area contributed by atoms with Gasteiger partial charge in [-0.1, -0.05) is 12.1 Å². The van der Waals surface area contributed by atoms with Gasteiger partial charge in [0.25, 0.3) is 6.01 Å². The average Bonchev–Trinajstić information content (AvgIpc) is 3.24. The lowest BCUT2D eigenvalue weighted by atomic mass is 10.1. The van der Waals surface area contributed by atoms with E-state index in [0.717, 1.165) is 46.7 Å². The van der Waals surface area contributed by atoms with E-state index in [0.29, 0.717) is 12.6 Å². The van der Waals surface area contributed by atoms with Crippen LogP contribution in [-0.4, -0.2) is 28.0 Å². The normalized spacial score (nSPS) is 10.4. The summed E-state index contributed by atoms with van der Waals surface area (Å²) in [6.07, 6.45) is 5.51. The van der Waals surface area contributed by atoms with Crippen LogP contribution in [0.15, 0.2) is 53.6 Å². The standard InChI is InChI=1S/C21H22N4O2.2ClH/c1-4-10-22-21-24-18-8-6-15(12-19(18)27-21)5-7-17-14(2)25-11-9-16(26-3)13-20(25)23-17;;/h4,6,8-9,11-13H,1,5,7,10H2,2-3H3,(H,22,24);2*1H. The summed E-state index contributed by atoms with van der Waals surface area (Å²) in [5.74, 6) is 0.815. The first kappa shape index (κ1) is 22.6. The van der Waals surface area contributed by atoms with Gasteiger partial charge in [-0.2, -0.15) is 4.98 Å². The zero-order valence-electron chi connectivity index (χ0n) is 16.3. The Morgan fingerprint density at radius 1 is 1.17 bits per heavy atom. The minimum atomic E-state index is 0. The predicted octanol–water partition coefficient (Wildman–Crippen LogP) is 5.02. The number of methoxy groups -OCH3 is 1. The van der Waals surface area contributed by atoms with Crippen molar-refractivity contribution in [2.24, 2.45) is 0 Å². The van der Waals surface area contributed by atoms with Crippen molar-refractivity contribution < 1.29 is 9.15 Å². The van der Waals surface area contributed by atoms with E-state index in [-0.39, 0.29) is 24.8 Å². The number of benzene rings is 1. The van der Waals surface area contributed by atoms with Crippen LogP contribution >= 0.6 is 24.8 Å². The molecule has 0 fully saturated rings. The number of fused-ring (bicyclic) bond motifs is 2. The van der Waals surface area contributed by atoms with E-state index in [1.807, 2.05) is 24.4 Å². The maximum absolute atomic E-state index is 5.76. The van der Waals surface area contributed by atoms with Gasteiger partial charge in [0.1, 0.15) is 16.9 Å². The summed E-state index contributed by atoms with van der Waals surface area (Å²) in [4.78, 5) is 9.18. The van der Waals surface area contributed by atoms with E-state index in [1.165, 1.54) is 5.56 Å².